The molecule has 2 aromatic carbocycles. The highest BCUT2D eigenvalue weighted by Gasteiger charge is 2.20. The zero-order valence-electron chi connectivity index (χ0n) is 18.1. The van der Waals surface area contributed by atoms with Gasteiger partial charge in [-0.05, 0) is 57.2 Å². The Morgan fingerprint density at radius 2 is 1.71 bits per heavy atom. The summed E-state index contributed by atoms with van der Waals surface area (Å²) in [6.45, 7) is 6.47. The molecule has 3 rings (SSSR count). The molecule has 0 aliphatic carbocycles. The highest BCUT2D eigenvalue weighted by Crippen LogP contribution is 2.22. The average Bonchev–Trinajstić information content (AvgIpc) is 3.21. The maximum Gasteiger partial charge on any atom is 0.251 e. The minimum Gasteiger partial charge on any atom is -0.497 e. The van der Waals surface area contributed by atoms with Gasteiger partial charge in [-0.2, -0.15) is 0 Å². The molecule has 0 saturated heterocycles. The summed E-state index contributed by atoms with van der Waals surface area (Å²) in [7, 11) is 1.59. The van der Waals surface area contributed by atoms with Crippen LogP contribution in [-0.4, -0.2) is 39.3 Å². The summed E-state index contributed by atoms with van der Waals surface area (Å²) in [5, 5.41) is 12.1. The Balaban J connectivity index is 1.65. The van der Waals surface area contributed by atoms with Crippen LogP contribution >= 0.6 is 11.8 Å². The maximum absolute atomic E-state index is 12.5. The van der Waals surface area contributed by atoms with E-state index in [4.69, 9.17) is 4.74 Å². The topological polar surface area (TPSA) is 86.1 Å². The summed E-state index contributed by atoms with van der Waals surface area (Å²) >= 11 is 1.34. The summed E-state index contributed by atoms with van der Waals surface area (Å²) in [5.74, 6) is 1.44. The first-order valence-electron chi connectivity index (χ1n) is 10.0. The predicted octanol–water partition coefficient (Wildman–Crippen LogP) is 4.08. The van der Waals surface area contributed by atoms with Crippen LogP contribution in [0.5, 0.6) is 5.75 Å². The van der Waals surface area contributed by atoms with Gasteiger partial charge in [0.2, 0.25) is 0 Å². The van der Waals surface area contributed by atoms with E-state index >= 15 is 0 Å². The third-order valence-corrected chi connectivity index (χ3v) is 5.82. The largest absolute Gasteiger partial charge is 0.497 e. The molecule has 8 heteroatoms. The Morgan fingerprint density at radius 3 is 2.32 bits per heavy atom. The molecule has 1 N–H and O–H groups in total. The van der Waals surface area contributed by atoms with E-state index in [9.17, 15) is 9.59 Å². The number of ketones is 1. The van der Waals surface area contributed by atoms with Gasteiger partial charge in [0.05, 0.1) is 18.9 Å². The summed E-state index contributed by atoms with van der Waals surface area (Å²) < 4.78 is 7.05. The number of amides is 1. The van der Waals surface area contributed by atoms with Gasteiger partial charge in [0.1, 0.15) is 5.75 Å². The molecule has 0 spiro atoms. The van der Waals surface area contributed by atoms with Gasteiger partial charge in [-0.15, -0.1) is 10.2 Å². The molecular formula is C23H26N4O3S. The first-order valence-corrected chi connectivity index (χ1v) is 11.0. The van der Waals surface area contributed by atoms with Gasteiger partial charge in [0.25, 0.3) is 5.91 Å². The summed E-state index contributed by atoms with van der Waals surface area (Å²) in [5.41, 5.74) is 2.32. The van der Waals surface area contributed by atoms with Crippen LogP contribution in [0.15, 0.2) is 53.7 Å². The predicted molar refractivity (Wildman–Crippen MR) is 121 cm³/mol. The number of hydrogen-bond acceptors (Lipinski definition) is 6. The lowest BCUT2D eigenvalue weighted by atomic mass is 10.1. The molecule has 1 atom stereocenters. The van der Waals surface area contributed by atoms with Gasteiger partial charge < -0.3 is 14.6 Å². The third-order valence-electron chi connectivity index (χ3n) is 4.85. The van der Waals surface area contributed by atoms with Gasteiger partial charge >= 0.3 is 0 Å². The second kappa shape index (κ2) is 10.3. The van der Waals surface area contributed by atoms with Crippen molar-refractivity contribution < 1.29 is 14.3 Å². The number of aromatic nitrogens is 3. The summed E-state index contributed by atoms with van der Waals surface area (Å²) in [4.78, 5) is 25.0. The number of carbonyl (C=O) groups is 2. The standard InChI is InChI=1S/C23H26N4O3S/c1-5-27-21(16(3)24-22(29)18-8-6-15(2)7-9-18)25-26-23(27)31-14-20(28)17-10-12-19(30-4)13-11-17/h6-13,16H,5,14H2,1-4H3,(H,24,29). The van der Waals surface area contributed by atoms with Crippen molar-refractivity contribution in [2.45, 2.75) is 38.5 Å². The third kappa shape index (κ3) is 5.52. The number of thioether (sulfide) groups is 1. The van der Waals surface area contributed by atoms with Gasteiger partial charge in [-0.3, -0.25) is 9.59 Å². The summed E-state index contributed by atoms with van der Waals surface area (Å²) in [6.07, 6.45) is 0. The molecule has 162 valence electrons. The van der Waals surface area contributed by atoms with Gasteiger partial charge in [-0.1, -0.05) is 29.5 Å². The van der Waals surface area contributed by atoms with E-state index in [1.807, 2.05) is 37.5 Å². The first-order chi connectivity index (χ1) is 14.9. The molecular weight excluding hydrogens is 412 g/mol. The maximum atomic E-state index is 12.5. The van der Waals surface area contributed by atoms with Crippen LogP contribution in [0.1, 0.15) is 52.0 Å². The molecule has 31 heavy (non-hydrogen) atoms. The van der Waals surface area contributed by atoms with E-state index in [0.717, 1.165) is 5.56 Å². The summed E-state index contributed by atoms with van der Waals surface area (Å²) in [6, 6.07) is 14.1. The lowest BCUT2D eigenvalue weighted by Gasteiger charge is -2.15. The second-order valence-corrected chi connectivity index (χ2v) is 8.03. The van der Waals surface area contributed by atoms with Crippen molar-refractivity contribution in [3.05, 3.63) is 71.0 Å². The van der Waals surface area contributed by atoms with Crippen molar-refractivity contribution in [2.24, 2.45) is 0 Å². The van der Waals surface area contributed by atoms with E-state index in [1.54, 1.807) is 43.5 Å². The Hall–Kier alpha value is -3.13. The van der Waals surface area contributed by atoms with Crippen LogP contribution in [0.4, 0.5) is 0 Å². The smallest absolute Gasteiger partial charge is 0.251 e. The SMILES string of the molecule is CCn1c(SCC(=O)c2ccc(OC)cc2)nnc1C(C)NC(=O)c1ccc(C)cc1. The number of methoxy groups -OCH3 is 1. The van der Waals surface area contributed by atoms with Crippen molar-refractivity contribution in [2.75, 3.05) is 12.9 Å². The van der Waals surface area contributed by atoms with Crippen molar-refractivity contribution in [1.29, 1.82) is 0 Å². The number of Topliss-reactive ketones (excluding diaryl/α,β-unsaturated/α-hetero) is 1. The highest BCUT2D eigenvalue weighted by atomic mass is 32.2. The minimum absolute atomic E-state index is 0.000536. The number of rotatable bonds is 9. The Morgan fingerprint density at radius 1 is 1.06 bits per heavy atom. The van der Waals surface area contributed by atoms with E-state index in [1.165, 1.54) is 11.8 Å². The molecule has 1 heterocycles. The number of benzene rings is 2. The molecule has 0 bridgehead atoms. The normalized spacial score (nSPS) is 11.7. The van der Waals surface area contributed by atoms with E-state index in [-0.39, 0.29) is 23.5 Å². The van der Waals surface area contributed by atoms with Gasteiger partial charge in [0, 0.05) is 17.7 Å². The van der Waals surface area contributed by atoms with Crippen LogP contribution in [0.3, 0.4) is 0 Å². The Bertz CT molecular complexity index is 1050. The number of aryl methyl sites for hydroxylation is 1. The molecule has 0 saturated carbocycles. The molecule has 0 aliphatic rings. The zero-order valence-corrected chi connectivity index (χ0v) is 18.9. The Kier molecular flexibility index (Phi) is 7.46. The van der Waals surface area contributed by atoms with Crippen LogP contribution < -0.4 is 10.1 Å². The van der Waals surface area contributed by atoms with E-state index in [0.29, 0.717) is 34.4 Å². The van der Waals surface area contributed by atoms with Crippen LogP contribution in [0.2, 0.25) is 0 Å². The van der Waals surface area contributed by atoms with Crippen LogP contribution in [0, 0.1) is 6.92 Å². The lowest BCUT2D eigenvalue weighted by molar-refractivity contribution is 0.0936. The molecule has 0 fully saturated rings. The molecule has 1 aromatic heterocycles. The molecule has 3 aromatic rings. The molecule has 0 aliphatic heterocycles. The number of hydrogen-bond donors (Lipinski definition) is 1. The van der Waals surface area contributed by atoms with Crippen LogP contribution in [0.25, 0.3) is 0 Å². The van der Waals surface area contributed by atoms with Crippen molar-refractivity contribution >= 4 is 23.5 Å². The highest BCUT2D eigenvalue weighted by molar-refractivity contribution is 7.99. The van der Waals surface area contributed by atoms with Gasteiger partial charge in [0.15, 0.2) is 16.8 Å². The first kappa shape index (κ1) is 22.6. The van der Waals surface area contributed by atoms with E-state index < -0.39 is 0 Å². The fourth-order valence-corrected chi connectivity index (χ4v) is 3.97. The quantitative estimate of drug-likeness (QED) is 0.400. The van der Waals surface area contributed by atoms with Crippen molar-refractivity contribution in [1.82, 2.24) is 20.1 Å². The average molecular weight is 439 g/mol. The fraction of sp³-hybridized carbons (Fsp3) is 0.304. The fourth-order valence-electron chi connectivity index (χ4n) is 3.06. The molecule has 1 unspecified atom stereocenters. The monoisotopic (exact) mass is 438 g/mol. The van der Waals surface area contributed by atoms with Gasteiger partial charge in [-0.25, -0.2) is 0 Å². The van der Waals surface area contributed by atoms with Crippen molar-refractivity contribution in [3.63, 3.8) is 0 Å². The number of nitrogens with zero attached hydrogens (tertiary/aromatic N) is 3. The lowest BCUT2D eigenvalue weighted by Crippen LogP contribution is -2.28. The minimum atomic E-state index is -0.326. The zero-order chi connectivity index (χ0) is 22.4. The number of ether oxygens (including phenoxy) is 1. The number of carbonyl (C=O) groups excluding carboxylic acids is 2. The van der Waals surface area contributed by atoms with E-state index in [2.05, 4.69) is 15.5 Å². The molecule has 0 radical (unpaired) electrons. The second-order valence-electron chi connectivity index (χ2n) is 7.09. The van der Waals surface area contributed by atoms with Crippen molar-refractivity contribution in [3.8, 4) is 5.75 Å². The Labute approximate surface area is 186 Å². The number of nitrogens with one attached hydrogen (secondary N) is 1. The molecule has 7 nitrogen and oxygen atoms in total. The molecule has 1 amide bonds. The van der Waals surface area contributed by atoms with Crippen LogP contribution in [-0.2, 0) is 6.54 Å².